The maximum absolute atomic E-state index is 10.7. The molecule has 6 N–H and O–H groups in total. The third kappa shape index (κ3) is 7.67. The topological polar surface area (TPSA) is 236 Å². The number of hydrogen-bond acceptors (Lipinski definition) is 12. The van der Waals surface area contributed by atoms with Crippen LogP contribution in [0.15, 0.2) is 0 Å². The molecule has 24 heavy (non-hydrogen) atoms. The van der Waals surface area contributed by atoms with Gasteiger partial charge in [-0.3, -0.25) is 0 Å². The summed E-state index contributed by atoms with van der Waals surface area (Å²) in [6.45, 7) is 0.289. The van der Waals surface area contributed by atoms with Crippen molar-refractivity contribution in [1.29, 1.82) is 0 Å². The van der Waals surface area contributed by atoms with Crippen LogP contribution in [0, 0.1) is 0 Å². The molecule has 0 heterocycles. The minimum absolute atomic E-state index is 0. The standard InChI is InChI=1S/C8H18O12S2.2Na/c1-6(10,22(18,19)20)8(13,14)4-2-3-7(11,12)5(9)21(15,16)17;;/h5,9-14H,2-4H2,1H3,(H,15,16,17)(H,18,19,20);;/q;2*+1/p-2. The van der Waals surface area contributed by atoms with Crippen molar-refractivity contribution in [2.24, 2.45) is 0 Å². The maximum atomic E-state index is 10.7. The van der Waals surface area contributed by atoms with Gasteiger partial charge in [0.05, 0.1) is 0 Å². The van der Waals surface area contributed by atoms with Crippen LogP contribution in [0.1, 0.15) is 26.2 Å². The van der Waals surface area contributed by atoms with Gasteiger partial charge in [-0.2, -0.15) is 0 Å². The molecular weight excluding hydrogens is 398 g/mol. The molecule has 0 aromatic heterocycles. The fraction of sp³-hybridized carbons (Fsp3) is 1.00. The van der Waals surface area contributed by atoms with Crippen molar-refractivity contribution in [1.82, 2.24) is 0 Å². The Morgan fingerprint density at radius 1 is 0.917 bits per heavy atom. The fourth-order valence-corrected chi connectivity index (χ4v) is 2.46. The quantitative estimate of drug-likeness (QED) is 0.123. The van der Waals surface area contributed by atoms with Gasteiger partial charge in [0.1, 0.15) is 20.2 Å². The molecule has 0 aromatic carbocycles. The van der Waals surface area contributed by atoms with Crippen molar-refractivity contribution in [2.75, 3.05) is 0 Å². The first-order valence-corrected chi connectivity index (χ1v) is 8.44. The van der Waals surface area contributed by atoms with Crippen molar-refractivity contribution in [2.45, 2.75) is 48.1 Å². The number of hydrogen-bond donors (Lipinski definition) is 6. The molecule has 0 aromatic rings. The van der Waals surface area contributed by atoms with Gasteiger partial charge in [-0.25, -0.2) is 16.8 Å². The molecule has 134 valence electrons. The van der Waals surface area contributed by atoms with Gasteiger partial charge in [0, 0.05) is 12.8 Å². The Labute approximate surface area is 182 Å². The molecule has 2 atom stereocenters. The first-order valence-electron chi connectivity index (χ1n) is 5.56. The Kier molecular flexibility index (Phi) is 12.2. The molecule has 0 aliphatic rings. The van der Waals surface area contributed by atoms with Crippen LogP contribution in [-0.4, -0.2) is 78.5 Å². The summed E-state index contributed by atoms with van der Waals surface area (Å²) in [5, 5.41) is 55.4. The average molecular weight is 414 g/mol. The zero-order chi connectivity index (χ0) is 18.2. The van der Waals surface area contributed by atoms with E-state index in [1.807, 2.05) is 0 Å². The predicted octanol–water partition coefficient (Wildman–Crippen LogP) is -10.4. The first-order chi connectivity index (χ1) is 9.36. The molecule has 0 saturated heterocycles. The van der Waals surface area contributed by atoms with E-state index in [1.165, 1.54) is 0 Å². The smallest absolute Gasteiger partial charge is 0.746 e. The molecule has 0 aliphatic heterocycles. The summed E-state index contributed by atoms with van der Waals surface area (Å²) in [6, 6.07) is 0. The van der Waals surface area contributed by atoms with Crippen molar-refractivity contribution in [3.63, 3.8) is 0 Å². The van der Waals surface area contributed by atoms with E-state index in [1.54, 1.807) is 0 Å². The van der Waals surface area contributed by atoms with E-state index in [4.69, 9.17) is 5.11 Å². The first kappa shape index (κ1) is 30.3. The molecule has 12 nitrogen and oxygen atoms in total. The van der Waals surface area contributed by atoms with Gasteiger partial charge in [-0.15, -0.1) is 0 Å². The van der Waals surface area contributed by atoms with Crippen LogP contribution in [0.2, 0.25) is 0 Å². The number of rotatable bonds is 8. The van der Waals surface area contributed by atoms with E-state index in [0.29, 0.717) is 0 Å². The van der Waals surface area contributed by atoms with Crippen LogP contribution >= 0.6 is 0 Å². The molecule has 2 unspecified atom stereocenters. The average Bonchev–Trinajstić information content (AvgIpc) is 2.24. The molecule has 0 spiro atoms. The van der Waals surface area contributed by atoms with Gasteiger partial charge in [0.25, 0.3) is 0 Å². The van der Waals surface area contributed by atoms with Crippen LogP contribution in [0.25, 0.3) is 0 Å². The Bertz CT molecular complexity index is 597. The Morgan fingerprint density at radius 2 is 1.29 bits per heavy atom. The van der Waals surface area contributed by atoms with Gasteiger partial charge in [-0.05, 0) is 13.3 Å². The molecule has 0 bridgehead atoms. The summed E-state index contributed by atoms with van der Waals surface area (Å²) in [5.74, 6) is -6.97. The fourth-order valence-electron chi connectivity index (χ4n) is 1.38. The molecule has 0 saturated carbocycles. The minimum atomic E-state index is -5.58. The van der Waals surface area contributed by atoms with Gasteiger partial charge in [0.15, 0.2) is 5.44 Å². The Morgan fingerprint density at radius 3 is 1.58 bits per heavy atom. The summed E-state index contributed by atoms with van der Waals surface area (Å²) in [6.07, 6.45) is -3.04. The summed E-state index contributed by atoms with van der Waals surface area (Å²) in [5.41, 5.74) is -3.14. The molecule has 0 amide bonds. The zero-order valence-electron chi connectivity index (χ0n) is 13.1. The van der Waals surface area contributed by atoms with Crippen LogP contribution in [0.4, 0.5) is 0 Å². The zero-order valence-corrected chi connectivity index (χ0v) is 18.8. The van der Waals surface area contributed by atoms with E-state index in [-0.39, 0.29) is 66.0 Å². The summed E-state index contributed by atoms with van der Waals surface area (Å²) < 4.78 is 63.5. The van der Waals surface area contributed by atoms with Crippen LogP contribution in [0.5, 0.6) is 0 Å². The molecule has 0 rings (SSSR count). The van der Waals surface area contributed by atoms with Gasteiger partial charge in [0.2, 0.25) is 16.5 Å². The molecule has 0 radical (unpaired) electrons. The van der Waals surface area contributed by atoms with Crippen LogP contribution in [-0.2, 0) is 20.2 Å². The second-order valence-electron chi connectivity index (χ2n) is 4.83. The third-order valence-corrected chi connectivity index (χ3v) is 5.19. The maximum Gasteiger partial charge on any atom is 1.00 e. The van der Waals surface area contributed by atoms with Gasteiger partial charge in [-0.1, -0.05) is 0 Å². The van der Waals surface area contributed by atoms with Gasteiger partial charge < -0.3 is 39.7 Å². The van der Waals surface area contributed by atoms with E-state index in [2.05, 4.69) is 0 Å². The Balaban J connectivity index is -0.00000220. The normalized spacial score (nSPS) is 17.2. The van der Waals surface area contributed by atoms with Gasteiger partial charge >= 0.3 is 59.1 Å². The number of aliphatic hydroxyl groups is 6. The van der Waals surface area contributed by atoms with E-state index in [0.717, 1.165) is 0 Å². The summed E-state index contributed by atoms with van der Waals surface area (Å²) in [4.78, 5) is -3.54. The second-order valence-corrected chi connectivity index (χ2v) is 7.97. The van der Waals surface area contributed by atoms with Crippen molar-refractivity contribution < 1.29 is 116 Å². The van der Waals surface area contributed by atoms with Crippen LogP contribution in [0.3, 0.4) is 0 Å². The van der Waals surface area contributed by atoms with Crippen molar-refractivity contribution >= 4 is 20.2 Å². The third-order valence-electron chi connectivity index (χ3n) is 2.97. The molecule has 16 heteroatoms. The molecular formula is C8H16Na2O12S2. The largest absolute Gasteiger partial charge is 1.00 e. The molecule has 0 aliphatic carbocycles. The van der Waals surface area contributed by atoms with E-state index in [9.17, 15) is 51.5 Å². The van der Waals surface area contributed by atoms with Crippen molar-refractivity contribution in [3.8, 4) is 0 Å². The predicted molar refractivity (Wildman–Crippen MR) is 64.2 cm³/mol. The monoisotopic (exact) mass is 414 g/mol. The summed E-state index contributed by atoms with van der Waals surface area (Å²) >= 11 is 0. The Hall–Kier alpha value is 1.58. The van der Waals surface area contributed by atoms with E-state index >= 15 is 0 Å². The minimum Gasteiger partial charge on any atom is -0.746 e. The van der Waals surface area contributed by atoms with E-state index < -0.39 is 61.4 Å². The van der Waals surface area contributed by atoms with Crippen molar-refractivity contribution in [3.05, 3.63) is 0 Å². The number of aliphatic hydroxyl groups excluding tert-OH is 1. The SMILES string of the molecule is CC(O)(C(O)(O)CCCC(O)(O)C(O)S(=O)(=O)[O-])S(=O)(=O)[O-].[Na+].[Na+]. The molecule has 0 fully saturated rings. The van der Waals surface area contributed by atoms with Crippen LogP contribution < -0.4 is 59.1 Å². The second kappa shape index (κ2) is 9.68. The summed E-state index contributed by atoms with van der Waals surface area (Å²) in [7, 11) is -11.1.